The summed E-state index contributed by atoms with van der Waals surface area (Å²) in [7, 11) is -3.84. The van der Waals surface area contributed by atoms with Gasteiger partial charge in [-0.3, -0.25) is 9.59 Å². The Morgan fingerprint density at radius 3 is 2.74 bits per heavy atom. The molecule has 6 nitrogen and oxygen atoms in total. The quantitative estimate of drug-likeness (QED) is 0.641. The summed E-state index contributed by atoms with van der Waals surface area (Å²) < 4.78 is 31.1. The predicted octanol–water partition coefficient (Wildman–Crippen LogP) is 0.483. The third kappa shape index (κ3) is 2.99. The van der Waals surface area contributed by atoms with Crippen LogP contribution in [0.15, 0.2) is 29.2 Å². The average molecular weight is 283 g/mol. The molecule has 0 aromatic heterocycles. The highest BCUT2D eigenvalue weighted by atomic mass is 32.2. The molecular weight excluding hydrogens is 270 g/mol. The number of carbonyl (C=O) groups is 2. The number of esters is 1. The Morgan fingerprint density at radius 1 is 1.42 bits per heavy atom. The lowest BCUT2D eigenvalue weighted by Crippen LogP contribution is -2.37. The van der Waals surface area contributed by atoms with E-state index in [1.165, 1.54) is 31.2 Å². The van der Waals surface area contributed by atoms with Crippen LogP contribution in [0.25, 0.3) is 0 Å². The summed E-state index contributed by atoms with van der Waals surface area (Å²) in [6.45, 7) is 1.56. The van der Waals surface area contributed by atoms with Crippen LogP contribution in [-0.2, 0) is 19.6 Å². The largest absolute Gasteiger partial charge is 0.464 e. The van der Waals surface area contributed by atoms with Crippen molar-refractivity contribution in [1.82, 2.24) is 4.72 Å². The highest BCUT2D eigenvalue weighted by molar-refractivity contribution is 7.89. The topological polar surface area (TPSA) is 89.5 Å². The third-order valence-corrected chi connectivity index (χ3v) is 4.25. The molecule has 0 aliphatic carbocycles. The SMILES string of the molecule is CC(=O)c1cccc(S(=O)(=O)N[C@@H]2CCOC2=O)c1. The third-order valence-electron chi connectivity index (χ3n) is 2.78. The molecule has 1 atom stereocenters. The summed E-state index contributed by atoms with van der Waals surface area (Å²) in [6, 6.07) is 4.81. The van der Waals surface area contributed by atoms with Crippen LogP contribution in [0.3, 0.4) is 0 Å². The zero-order valence-corrected chi connectivity index (χ0v) is 11.1. The smallest absolute Gasteiger partial charge is 0.324 e. The maximum atomic E-state index is 12.1. The van der Waals surface area contributed by atoms with Gasteiger partial charge in [0.15, 0.2) is 5.78 Å². The summed E-state index contributed by atoms with van der Waals surface area (Å²) in [4.78, 5) is 22.4. The maximum absolute atomic E-state index is 12.1. The fraction of sp³-hybridized carbons (Fsp3) is 0.333. The lowest BCUT2D eigenvalue weighted by Gasteiger charge is -2.10. The van der Waals surface area contributed by atoms with Gasteiger partial charge in [0.1, 0.15) is 6.04 Å². The first-order chi connectivity index (χ1) is 8.90. The Bertz CT molecular complexity index is 623. The molecule has 0 radical (unpaired) electrons. The zero-order chi connectivity index (χ0) is 14.0. The van der Waals surface area contributed by atoms with Crippen LogP contribution >= 0.6 is 0 Å². The van der Waals surface area contributed by atoms with Crippen molar-refractivity contribution < 1.29 is 22.7 Å². The van der Waals surface area contributed by atoms with Crippen molar-refractivity contribution in [3.63, 3.8) is 0 Å². The van der Waals surface area contributed by atoms with E-state index in [-0.39, 0.29) is 17.3 Å². The number of carbonyl (C=O) groups excluding carboxylic acids is 2. The summed E-state index contributed by atoms with van der Waals surface area (Å²) in [5, 5.41) is 0. The molecule has 1 aromatic carbocycles. The lowest BCUT2D eigenvalue weighted by atomic mass is 10.2. The van der Waals surface area contributed by atoms with Gasteiger partial charge in [0.25, 0.3) is 0 Å². The van der Waals surface area contributed by atoms with E-state index in [4.69, 9.17) is 0 Å². The van der Waals surface area contributed by atoms with Crippen LogP contribution < -0.4 is 4.72 Å². The van der Waals surface area contributed by atoms with Gasteiger partial charge in [-0.25, -0.2) is 8.42 Å². The van der Waals surface area contributed by atoms with Crippen molar-refractivity contribution in [2.45, 2.75) is 24.3 Å². The van der Waals surface area contributed by atoms with E-state index in [1.54, 1.807) is 0 Å². The molecule has 1 aromatic rings. The number of benzene rings is 1. The van der Waals surface area contributed by atoms with Crippen LogP contribution in [0.1, 0.15) is 23.7 Å². The molecule has 1 N–H and O–H groups in total. The minimum atomic E-state index is -3.84. The number of nitrogens with one attached hydrogen (secondary N) is 1. The number of Topliss-reactive ketones (excluding diaryl/α,β-unsaturated/α-hetero) is 1. The highest BCUT2D eigenvalue weighted by Crippen LogP contribution is 2.15. The molecule has 7 heteroatoms. The standard InChI is InChI=1S/C12H13NO5S/c1-8(14)9-3-2-4-10(7-9)19(16,17)13-11-5-6-18-12(11)15/h2-4,7,11,13H,5-6H2,1H3/t11-/m1/s1. The van der Waals surface area contributed by atoms with E-state index < -0.39 is 22.0 Å². The van der Waals surface area contributed by atoms with E-state index >= 15 is 0 Å². The van der Waals surface area contributed by atoms with Crippen molar-refractivity contribution >= 4 is 21.8 Å². The van der Waals surface area contributed by atoms with Crippen LogP contribution in [-0.4, -0.2) is 32.8 Å². The fourth-order valence-corrected chi connectivity index (χ4v) is 3.00. The summed E-state index contributed by atoms with van der Waals surface area (Å²) in [6.07, 6.45) is 0.310. The van der Waals surface area contributed by atoms with Gasteiger partial charge in [0.05, 0.1) is 11.5 Å². The first-order valence-corrected chi connectivity index (χ1v) is 7.18. The second kappa shape index (κ2) is 5.10. The van der Waals surface area contributed by atoms with Gasteiger partial charge in [-0.1, -0.05) is 12.1 Å². The molecule has 0 bridgehead atoms. The average Bonchev–Trinajstić information content (AvgIpc) is 2.74. The van der Waals surface area contributed by atoms with Gasteiger partial charge in [0, 0.05) is 12.0 Å². The molecule has 19 heavy (non-hydrogen) atoms. The molecular formula is C12H13NO5S. The Hall–Kier alpha value is -1.73. The number of ketones is 1. The Morgan fingerprint density at radius 2 is 2.16 bits per heavy atom. The molecule has 1 aliphatic heterocycles. The summed E-state index contributed by atoms with van der Waals surface area (Å²) in [5.41, 5.74) is 0.303. The summed E-state index contributed by atoms with van der Waals surface area (Å²) in [5.74, 6) is -0.802. The first kappa shape index (κ1) is 13.7. The minimum absolute atomic E-state index is 0.0418. The zero-order valence-electron chi connectivity index (χ0n) is 10.3. The van der Waals surface area contributed by atoms with Gasteiger partial charge in [-0.05, 0) is 19.1 Å². The van der Waals surface area contributed by atoms with E-state index in [1.807, 2.05) is 0 Å². The Balaban J connectivity index is 2.26. The summed E-state index contributed by atoms with van der Waals surface area (Å²) >= 11 is 0. The van der Waals surface area contributed by atoms with Crippen LogP contribution in [0, 0.1) is 0 Å². The molecule has 2 rings (SSSR count). The number of hydrogen-bond donors (Lipinski definition) is 1. The Kier molecular flexibility index (Phi) is 3.68. The van der Waals surface area contributed by atoms with Crippen LogP contribution in [0.2, 0.25) is 0 Å². The fourth-order valence-electron chi connectivity index (χ4n) is 1.74. The van der Waals surface area contributed by atoms with E-state index in [2.05, 4.69) is 9.46 Å². The molecule has 1 saturated heterocycles. The molecule has 0 unspecified atom stereocenters. The van der Waals surface area contributed by atoms with E-state index in [9.17, 15) is 18.0 Å². The highest BCUT2D eigenvalue weighted by Gasteiger charge is 2.31. The Labute approximate surface area is 110 Å². The first-order valence-electron chi connectivity index (χ1n) is 5.70. The lowest BCUT2D eigenvalue weighted by molar-refractivity contribution is -0.139. The number of sulfonamides is 1. The minimum Gasteiger partial charge on any atom is -0.464 e. The maximum Gasteiger partial charge on any atom is 0.324 e. The molecule has 0 spiro atoms. The van der Waals surface area contributed by atoms with Crippen LogP contribution in [0.4, 0.5) is 0 Å². The molecule has 1 heterocycles. The molecule has 0 saturated carbocycles. The van der Waals surface area contributed by atoms with Gasteiger partial charge < -0.3 is 4.74 Å². The molecule has 1 aliphatic rings. The van der Waals surface area contributed by atoms with Crippen molar-refractivity contribution in [1.29, 1.82) is 0 Å². The molecule has 102 valence electrons. The molecule has 0 amide bonds. The van der Waals surface area contributed by atoms with Gasteiger partial charge >= 0.3 is 5.97 Å². The monoisotopic (exact) mass is 283 g/mol. The second-order valence-electron chi connectivity index (χ2n) is 4.21. The second-order valence-corrected chi connectivity index (χ2v) is 5.93. The van der Waals surface area contributed by atoms with Crippen molar-refractivity contribution in [2.24, 2.45) is 0 Å². The number of hydrogen-bond acceptors (Lipinski definition) is 5. The molecule has 1 fully saturated rings. The van der Waals surface area contributed by atoms with Crippen molar-refractivity contribution in [3.05, 3.63) is 29.8 Å². The predicted molar refractivity (Wildman–Crippen MR) is 66.1 cm³/mol. The van der Waals surface area contributed by atoms with Crippen LogP contribution in [0.5, 0.6) is 0 Å². The van der Waals surface area contributed by atoms with E-state index in [0.29, 0.717) is 12.0 Å². The van der Waals surface area contributed by atoms with Crippen molar-refractivity contribution in [2.75, 3.05) is 6.61 Å². The van der Waals surface area contributed by atoms with Gasteiger partial charge in [-0.2, -0.15) is 4.72 Å². The number of rotatable bonds is 4. The normalized spacial score (nSPS) is 19.2. The number of cyclic esters (lactones) is 1. The number of ether oxygens (including phenoxy) is 1. The van der Waals surface area contributed by atoms with Crippen molar-refractivity contribution in [3.8, 4) is 0 Å². The van der Waals surface area contributed by atoms with E-state index in [0.717, 1.165) is 0 Å². The van der Waals surface area contributed by atoms with Gasteiger partial charge in [-0.15, -0.1) is 0 Å². The van der Waals surface area contributed by atoms with Gasteiger partial charge in [0.2, 0.25) is 10.0 Å².